The van der Waals surface area contributed by atoms with Crippen LogP contribution in [0.3, 0.4) is 0 Å². The van der Waals surface area contributed by atoms with Crippen LogP contribution in [0.2, 0.25) is 0 Å². The lowest BCUT2D eigenvalue weighted by molar-refractivity contribution is 0.591. The minimum absolute atomic E-state index is 0.0625. The molecule has 208 valence electrons. The van der Waals surface area contributed by atoms with Crippen molar-refractivity contribution in [3.8, 4) is 11.1 Å². The molecule has 0 saturated carbocycles. The fourth-order valence-corrected chi connectivity index (χ4v) is 6.34. The van der Waals surface area contributed by atoms with Crippen molar-refractivity contribution in [3.05, 3.63) is 139 Å². The van der Waals surface area contributed by atoms with E-state index in [-0.39, 0.29) is 5.41 Å². The first-order valence-electron chi connectivity index (χ1n) is 14.9. The molecule has 0 aliphatic rings. The highest BCUT2D eigenvalue weighted by molar-refractivity contribution is 6.12. The fourth-order valence-electron chi connectivity index (χ4n) is 6.34. The average molecular weight is 557 g/mol. The van der Waals surface area contributed by atoms with Crippen LogP contribution in [0.5, 0.6) is 0 Å². The number of hydrogen-bond donors (Lipinski definition) is 1. The van der Waals surface area contributed by atoms with Gasteiger partial charge in [-0.15, -0.1) is 0 Å². The van der Waals surface area contributed by atoms with Gasteiger partial charge in [-0.25, -0.2) is 0 Å². The van der Waals surface area contributed by atoms with Crippen molar-refractivity contribution in [2.45, 2.75) is 26.2 Å². The number of aromatic amines is 1. The first kappa shape index (κ1) is 25.4. The van der Waals surface area contributed by atoms with E-state index in [4.69, 9.17) is 4.42 Å². The maximum absolute atomic E-state index is 6.60. The van der Waals surface area contributed by atoms with Crippen LogP contribution < -0.4 is 4.90 Å². The Kier molecular flexibility index (Phi) is 5.70. The summed E-state index contributed by atoms with van der Waals surface area (Å²) in [5.41, 5.74) is 10.9. The fraction of sp³-hybridized carbons (Fsp3) is 0.100. The van der Waals surface area contributed by atoms with E-state index in [9.17, 15) is 0 Å². The molecule has 0 atom stereocenters. The Morgan fingerprint density at radius 2 is 1.23 bits per heavy atom. The van der Waals surface area contributed by atoms with Gasteiger partial charge in [-0.1, -0.05) is 106 Å². The van der Waals surface area contributed by atoms with Gasteiger partial charge in [-0.05, 0) is 65.1 Å². The van der Waals surface area contributed by atoms with Crippen LogP contribution >= 0.6 is 0 Å². The van der Waals surface area contributed by atoms with Crippen molar-refractivity contribution in [1.82, 2.24) is 4.98 Å². The minimum atomic E-state index is 0.0625. The molecule has 1 N–H and O–H groups in total. The van der Waals surface area contributed by atoms with Crippen LogP contribution in [-0.2, 0) is 5.41 Å². The summed E-state index contributed by atoms with van der Waals surface area (Å²) in [5, 5.41) is 4.68. The molecular formula is C40H32N2O. The highest BCUT2D eigenvalue weighted by Crippen LogP contribution is 2.46. The van der Waals surface area contributed by atoms with E-state index in [1.165, 1.54) is 21.9 Å². The van der Waals surface area contributed by atoms with Gasteiger partial charge in [-0.2, -0.15) is 0 Å². The predicted octanol–water partition coefficient (Wildman–Crippen LogP) is 11.7. The summed E-state index contributed by atoms with van der Waals surface area (Å²) >= 11 is 0. The molecule has 0 spiro atoms. The third-order valence-electron chi connectivity index (χ3n) is 8.56. The van der Waals surface area contributed by atoms with E-state index in [1.54, 1.807) is 0 Å². The maximum Gasteiger partial charge on any atom is 0.159 e. The number of nitrogens with one attached hydrogen (secondary N) is 1. The van der Waals surface area contributed by atoms with E-state index in [0.29, 0.717) is 0 Å². The highest BCUT2D eigenvalue weighted by Gasteiger charge is 2.23. The summed E-state index contributed by atoms with van der Waals surface area (Å²) in [5.74, 6) is 0. The second kappa shape index (κ2) is 9.64. The first-order valence-corrected chi connectivity index (χ1v) is 14.9. The molecule has 0 saturated heterocycles. The number of hydrogen-bond acceptors (Lipinski definition) is 2. The van der Waals surface area contributed by atoms with Crippen molar-refractivity contribution >= 4 is 60.8 Å². The van der Waals surface area contributed by atoms with Gasteiger partial charge >= 0.3 is 0 Å². The Morgan fingerprint density at radius 1 is 0.558 bits per heavy atom. The smallest absolute Gasteiger partial charge is 0.159 e. The molecule has 0 unspecified atom stereocenters. The molecule has 0 bridgehead atoms. The lowest BCUT2D eigenvalue weighted by Gasteiger charge is -2.28. The Morgan fingerprint density at radius 3 is 2.07 bits per heavy atom. The largest absolute Gasteiger partial charge is 0.454 e. The molecule has 2 heterocycles. The lowest BCUT2D eigenvalue weighted by Crippen LogP contribution is -2.11. The van der Waals surface area contributed by atoms with Gasteiger partial charge in [0.15, 0.2) is 5.58 Å². The maximum atomic E-state index is 6.60. The number of para-hydroxylation sites is 3. The molecular weight excluding hydrogens is 524 g/mol. The molecule has 3 nitrogen and oxygen atoms in total. The second-order valence-electron chi connectivity index (χ2n) is 12.3. The Labute approximate surface area is 251 Å². The number of fused-ring (bicyclic) bond motifs is 6. The zero-order chi connectivity index (χ0) is 29.1. The molecule has 3 heteroatoms. The van der Waals surface area contributed by atoms with E-state index in [0.717, 1.165) is 55.6 Å². The number of furan rings is 1. The van der Waals surface area contributed by atoms with Crippen LogP contribution in [0.25, 0.3) is 54.9 Å². The summed E-state index contributed by atoms with van der Waals surface area (Å²) in [6.45, 7) is 6.81. The zero-order valence-electron chi connectivity index (χ0n) is 24.6. The van der Waals surface area contributed by atoms with Gasteiger partial charge < -0.3 is 14.3 Å². The summed E-state index contributed by atoms with van der Waals surface area (Å²) in [6.07, 6.45) is 0. The number of anilines is 3. The SMILES string of the molecule is CC(C)(C)c1ccc2[nH]c3ccc(N(c4ccccc4-c4ccccc4)c4cccc5c4oc4ccccc45)cc3c2c1. The minimum Gasteiger partial charge on any atom is -0.454 e. The molecule has 0 amide bonds. The standard InChI is InChI=1S/C40H32N2O/c1-40(2,3)27-20-22-34-32(24-27)33-25-28(21-23-35(33)41-34)42(36-17-9-7-14-29(36)26-12-5-4-6-13-26)37-18-11-16-31-30-15-8-10-19-38(30)43-39(31)37/h4-25,41H,1-3H3. The number of rotatable bonds is 4. The predicted molar refractivity (Wildman–Crippen MR) is 182 cm³/mol. The van der Waals surface area contributed by atoms with Gasteiger partial charge in [0, 0.05) is 43.8 Å². The van der Waals surface area contributed by atoms with Crippen molar-refractivity contribution in [2.75, 3.05) is 4.90 Å². The molecule has 43 heavy (non-hydrogen) atoms. The summed E-state index contributed by atoms with van der Waals surface area (Å²) in [7, 11) is 0. The normalized spacial score (nSPS) is 12.1. The van der Waals surface area contributed by atoms with Gasteiger partial charge in [0.2, 0.25) is 0 Å². The topological polar surface area (TPSA) is 32.2 Å². The lowest BCUT2D eigenvalue weighted by atomic mass is 9.86. The quantitative estimate of drug-likeness (QED) is 0.234. The number of aromatic nitrogens is 1. The average Bonchev–Trinajstić information content (AvgIpc) is 3.60. The van der Waals surface area contributed by atoms with Crippen molar-refractivity contribution in [3.63, 3.8) is 0 Å². The molecule has 0 radical (unpaired) electrons. The van der Waals surface area contributed by atoms with Crippen molar-refractivity contribution in [2.24, 2.45) is 0 Å². The van der Waals surface area contributed by atoms with E-state index < -0.39 is 0 Å². The van der Waals surface area contributed by atoms with Gasteiger partial charge in [0.05, 0.1) is 11.4 Å². The number of benzene rings is 6. The van der Waals surface area contributed by atoms with Gasteiger partial charge in [0.1, 0.15) is 5.58 Å². The van der Waals surface area contributed by atoms with Crippen LogP contribution in [0.15, 0.2) is 138 Å². The van der Waals surface area contributed by atoms with E-state index in [2.05, 4.69) is 152 Å². The second-order valence-corrected chi connectivity index (χ2v) is 12.3. The summed E-state index contributed by atoms with van der Waals surface area (Å²) < 4.78 is 6.60. The van der Waals surface area contributed by atoms with E-state index >= 15 is 0 Å². The van der Waals surface area contributed by atoms with Crippen LogP contribution in [0, 0.1) is 0 Å². The number of H-pyrrole nitrogens is 1. The molecule has 6 aromatic carbocycles. The highest BCUT2D eigenvalue weighted by atomic mass is 16.3. The van der Waals surface area contributed by atoms with Crippen molar-refractivity contribution in [1.29, 1.82) is 0 Å². The Balaban J connectivity index is 1.43. The van der Waals surface area contributed by atoms with Crippen molar-refractivity contribution < 1.29 is 4.42 Å². The third-order valence-corrected chi connectivity index (χ3v) is 8.56. The Hall–Kier alpha value is -5.28. The Bertz CT molecular complexity index is 2280. The molecule has 8 rings (SSSR count). The first-order chi connectivity index (χ1) is 21.0. The third kappa shape index (κ3) is 4.20. The zero-order valence-corrected chi connectivity index (χ0v) is 24.6. The van der Waals surface area contributed by atoms with Crippen LogP contribution in [0.1, 0.15) is 26.3 Å². The van der Waals surface area contributed by atoms with Gasteiger partial charge in [-0.3, -0.25) is 0 Å². The van der Waals surface area contributed by atoms with Crippen LogP contribution in [-0.4, -0.2) is 4.98 Å². The molecule has 2 aromatic heterocycles. The van der Waals surface area contributed by atoms with Gasteiger partial charge in [0.25, 0.3) is 0 Å². The molecule has 8 aromatic rings. The molecule has 0 fully saturated rings. The summed E-state index contributed by atoms with van der Waals surface area (Å²) in [4.78, 5) is 6.01. The van der Waals surface area contributed by atoms with Crippen LogP contribution in [0.4, 0.5) is 17.1 Å². The molecule has 0 aliphatic heterocycles. The number of nitrogens with zero attached hydrogens (tertiary/aromatic N) is 1. The summed E-state index contributed by atoms with van der Waals surface area (Å²) in [6, 6.07) is 47.6. The van der Waals surface area contributed by atoms with E-state index in [1.807, 2.05) is 12.1 Å². The monoisotopic (exact) mass is 556 g/mol. The molecule has 0 aliphatic carbocycles.